The Labute approximate surface area is 188 Å². The van der Waals surface area contributed by atoms with Crippen molar-refractivity contribution in [2.24, 2.45) is 0 Å². The Balaban J connectivity index is 0.00000160. The van der Waals surface area contributed by atoms with Crippen molar-refractivity contribution in [2.45, 2.75) is 18.9 Å². The summed E-state index contributed by atoms with van der Waals surface area (Å²) in [5.41, 5.74) is 0.630. The lowest BCUT2D eigenvalue weighted by atomic mass is 10.0. The van der Waals surface area contributed by atoms with Gasteiger partial charge in [-0.3, -0.25) is 14.6 Å². The fourth-order valence-corrected chi connectivity index (χ4v) is 3.79. The molecule has 1 unspecified atom stereocenters. The molecule has 3 heterocycles. The van der Waals surface area contributed by atoms with Crippen molar-refractivity contribution in [1.29, 1.82) is 0 Å². The number of ether oxygens (including phenoxy) is 1. The van der Waals surface area contributed by atoms with Crippen LogP contribution in [0.1, 0.15) is 23.2 Å². The third-order valence-corrected chi connectivity index (χ3v) is 5.22. The lowest BCUT2D eigenvalue weighted by molar-refractivity contribution is -0.135. The molecule has 1 N–H and O–H groups in total. The largest absolute Gasteiger partial charge is 0.456 e. The highest BCUT2D eigenvalue weighted by molar-refractivity contribution is 5.94. The first-order chi connectivity index (χ1) is 13.7. The molecule has 2 saturated heterocycles. The van der Waals surface area contributed by atoms with Gasteiger partial charge >= 0.3 is 0 Å². The zero-order valence-electron chi connectivity index (χ0n) is 16.5. The van der Waals surface area contributed by atoms with Gasteiger partial charge in [0.05, 0.1) is 12.7 Å². The number of carbonyl (C=O) groups is 2. The van der Waals surface area contributed by atoms with Gasteiger partial charge in [-0.25, -0.2) is 0 Å². The van der Waals surface area contributed by atoms with E-state index in [2.05, 4.69) is 10.3 Å². The molecule has 0 saturated carbocycles. The first kappa shape index (κ1) is 23.9. The molecule has 2 aliphatic heterocycles. The summed E-state index contributed by atoms with van der Waals surface area (Å²) in [6.07, 6.45) is 5.20. The first-order valence-electron chi connectivity index (χ1n) is 9.68. The molecule has 1 atom stereocenters. The Morgan fingerprint density at radius 2 is 1.90 bits per heavy atom. The van der Waals surface area contributed by atoms with Gasteiger partial charge in [-0.05, 0) is 49.2 Å². The normalized spacial score (nSPS) is 18.8. The Morgan fingerprint density at radius 1 is 1.10 bits per heavy atom. The molecule has 30 heavy (non-hydrogen) atoms. The van der Waals surface area contributed by atoms with Crippen LogP contribution in [0.3, 0.4) is 0 Å². The topological polar surface area (TPSA) is 74.8 Å². The molecule has 0 bridgehead atoms. The van der Waals surface area contributed by atoms with Crippen LogP contribution in [0.15, 0.2) is 48.8 Å². The van der Waals surface area contributed by atoms with Crippen LogP contribution >= 0.6 is 24.8 Å². The van der Waals surface area contributed by atoms with Gasteiger partial charge in [-0.15, -0.1) is 24.8 Å². The average Bonchev–Trinajstić information content (AvgIpc) is 2.75. The Kier molecular flexibility index (Phi) is 8.89. The molecule has 2 aliphatic rings. The molecule has 0 radical (unpaired) electrons. The van der Waals surface area contributed by atoms with Gasteiger partial charge in [0, 0.05) is 44.0 Å². The molecule has 2 fully saturated rings. The predicted octanol–water partition coefficient (Wildman–Crippen LogP) is 2.75. The van der Waals surface area contributed by atoms with Crippen molar-refractivity contribution in [2.75, 3.05) is 32.7 Å². The van der Waals surface area contributed by atoms with Gasteiger partial charge in [0.2, 0.25) is 5.91 Å². The maximum absolute atomic E-state index is 12.9. The average molecular weight is 453 g/mol. The van der Waals surface area contributed by atoms with Gasteiger partial charge in [0.25, 0.3) is 5.91 Å². The van der Waals surface area contributed by atoms with Crippen LogP contribution in [-0.2, 0) is 4.79 Å². The van der Waals surface area contributed by atoms with Crippen LogP contribution < -0.4 is 10.1 Å². The number of nitrogens with one attached hydrogen (secondary N) is 1. The van der Waals surface area contributed by atoms with E-state index in [9.17, 15) is 9.59 Å². The number of halogens is 2. The van der Waals surface area contributed by atoms with Crippen LogP contribution in [0.2, 0.25) is 0 Å². The third-order valence-electron chi connectivity index (χ3n) is 5.22. The number of pyridine rings is 1. The number of rotatable bonds is 4. The molecule has 4 rings (SSSR count). The van der Waals surface area contributed by atoms with E-state index < -0.39 is 0 Å². The van der Waals surface area contributed by atoms with Gasteiger partial charge < -0.3 is 19.9 Å². The summed E-state index contributed by atoms with van der Waals surface area (Å²) in [4.78, 5) is 32.9. The molecule has 0 aliphatic carbocycles. The lowest BCUT2D eigenvalue weighted by Crippen LogP contribution is -2.57. The SMILES string of the molecule is Cl.Cl.O=C(c1ccc(Oc2cccnc2)cc1)N1CCCC(N2CCNCC2=O)C1. The minimum Gasteiger partial charge on any atom is -0.456 e. The van der Waals surface area contributed by atoms with Crippen LogP contribution in [0.5, 0.6) is 11.5 Å². The number of nitrogens with zero attached hydrogens (tertiary/aromatic N) is 3. The molecule has 1 aromatic heterocycles. The van der Waals surface area contributed by atoms with E-state index in [-0.39, 0.29) is 42.7 Å². The van der Waals surface area contributed by atoms with Crippen molar-refractivity contribution in [3.8, 4) is 11.5 Å². The lowest BCUT2D eigenvalue weighted by Gasteiger charge is -2.41. The second-order valence-electron chi connectivity index (χ2n) is 7.13. The van der Waals surface area contributed by atoms with Crippen LogP contribution in [-0.4, -0.2) is 65.4 Å². The van der Waals surface area contributed by atoms with Gasteiger partial charge in [0.1, 0.15) is 11.5 Å². The van der Waals surface area contributed by atoms with E-state index in [0.29, 0.717) is 36.7 Å². The molecule has 2 amide bonds. The van der Waals surface area contributed by atoms with Crippen molar-refractivity contribution >= 4 is 36.6 Å². The van der Waals surface area contributed by atoms with Gasteiger partial charge in [-0.2, -0.15) is 0 Å². The van der Waals surface area contributed by atoms with Gasteiger partial charge in [-0.1, -0.05) is 0 Å². The summed E-state index contributed by atoms with van der Waals surface area (Å²) >= 11 is 0. The smallest absolute Gasteiger partial charge is 0.253 e. The third kappa shape index (κ3) is 5.62. The molecule has 7 nitrogen and oxygen atoms in total. The fraction of sp³-hybridized carbons (Fsp3) is 0.381. The summed E-state index contributed by atoms with van der Waals surface area (Å²) in [6.45, 7) is 3.24. The molecule has 162 valence electrons. The van der Waals surface area contributed by atoms with E-state index in [0.717, 1.165) is 25.9 Å². The highest BCUT2D eigenvalue weighted by Crippen LogP contribution is 2.23. The number of aromatic nitrogens is 1. The quantitative estimate of drug-likeness (QED) is 0.771. The predicted molar refractivity (Wildman–Crippen MR) is 119 cm³/mol. The van der Waals surface area contributed by atoms with Crippen LogP contribution in [0.4, 0.5) is 0 Å². The number of amides is 2. The number of hydrogen-bond donors (Lipinski definition) is 1. The van der Waals surface area contributed by atoms with Crippen LogP contribution in [0.25, 0.3) is 0 Å². The zero-order valence-corrected chi connectivity index (χ0v) is 18.2. The minimum absolute atomic E-state index is 0. The first-order valence-corrected chi connectivity index (χ1v) is 9.68. The van der Waals surface area contributed by atoms with E-state index in [4.69, 9.17) is 4.74 Å². The molecule has 0 spiro atoms. The van der Waals surface area contributed by atoms with Crippen molar-refractivity contribution in [3.63, 3.8) is 0 Å². The Hall–Kier alpha value is -2.35. The number of hydrogen-bond acceptors (Lipinski definition) is 5. The second kappa shape index (κ2) is 11.2. The van der Waals surface area contributed by atoms with E-state index in [1.165, 1.54) is 0 Å². The van der Waals surface area contributed by atoms with Crippen molar-refractivity contribution in [1.82, 2.24) is 20.1 Å². The maximum Gasteiger partial charge on any atom is 0.253 e. The maximum atomic E-state index is 12.9. The number of carbonyl (C=O) groups excluding carboxylic acids is 2. The second-order valence-corrected chi connectivity index (χ2v) is 7.13. The summed E-state index contributed by atoms with van der Waals surface area (Å²) in [5, 5.41) is 3.10. The fourth-order valence-electron chi connectivity index (χ4n) is 3.79. The van der Waals surface area contributed by atoms with Crippen LogP contribution in [0, 0.1) is 0 Å². The summed E-state index contributed by atoms with van der Waals surface area (Å²) in [6, 6.07) is 10.9. The number of piperidine rings is 1. The van der Waals surface area contributed by atoms with Crippen molar-refractivity contribution < 1.29 is 14.3 Å². The number of benzene rings is 1. The monoisotopic (exact) mass is 452 g/mol. The Bertz CT molecular complexity index is 836. The van der Waals surface area contributed by atoms with Crippen molar-refractivity contribution in [3.05, 3.63) is 54.4 Å². The highest BCUT2D eigenvalue weighted by atomic mass is 35.5. The molecule has 9 heteroatoms. The minimum atomic E-state index is 0. The number of piperazine rings is 1. The summed E-state index contributed by atoms with van der Waals surface area (Å²) in [5.74, 6) is 1.44. The van der Waals surface area contributed by atoms with E-state index in [1.807, 2.05) is 21.9 Å². The standard InChI is InChI=1S/C21H24N4O3.2ClH/c26-20-14-23-10-12-25(20)17-3-2-11-24(15-17)21(27)16-5-7-18(8-6-16)28-19-4-1-9-22-13-19;;/h1,4-9,13,17,23H,2-3,10-12,14-15H2;2*1H. The highest BCUT2D eigenvalue weighted by Gasteiger charge is 2.31. The summed E-state index contributed by atoms with van der Waals surface area (Å²) in [7, 11) is 0. The molecule has 2 aromatic rings. The summed E-state index contributed by atoms with van der Waals surface area (Å²) < 4.78 is 5.73. The molecular formula is C21H26Cl2N4O3. The van der Waals surface area contributed by atoms with E-state index >= 15 is 0 Å². The molecule has 1 aromatic carbocycles. The zero-order chi connectivity index (χ0) is 19.3. The number of likely N-dealkylation sites (tertiary alicyclic amines) is 1. The Morgan fingerprint density at radius 3 is 2.60 bits per heavy atom. The van der Waals surface area contributed by atoms with E-state index in [1.54, 1.807) is 36.7 Å². The molecular weight excluding hydrogens is 427 g/mol. The van der Waals surface area contributed by atoms with Gasteiger partial charge in [0.15, 0.2) is 0 Å².